The van der Waals surface area contributed by atoms with Crippen LogP contribution in [0.1, 0.15) is 90.4 Å². The van der Waals surface area contributed by atoms with Gasteiger partial charge in [-0.2, -0.15) is 75.8 Å². The second kappa shape index (κ2) is 40.3. The maximum absolute atomic E-state index is 10.1. The van der Waals surface area contributed by atoms with E-state index in [1.807, 2.05) is 0 Å². The Balaban J connectivity index is -0.000000219. The SMILES string of the molecule is CCCCCCCCCCC[CH2][Sn+3].O=C([O-])C(CS)CCS.O=C([O-])C(CS)CCS.O=C([O-])C(CS)CCS. The fourth-order valence-electron chi connectivity index (χ4n) is 2.93. The molecule has 0 saturated heterocycles. The number of thiol groups is 6. The molecule has 236 valence electrons. The van der Waals surface area contributed by atoms with Gasteiger partial charge >= 0.3 is 98.1 Å². The van der Waals surface area contributed by atoms with Gasteiger partial charge < -0.3 is 29.7 Å². The van der Waals surface area contributed by atoms with Crippen LogP contribution >= 0.6 is 75.8 Å². The summed E-state index contributed by atoms with van der Waals surface area (Å²) < 4.78 is 1.46. The Labute approximate surface area is 290 Å². The zero-order valence-electron chi connectivity index (χ0n) is 24.0. The van der Waals surface area contributed by atoms with Gasteiger partial charge in [0.2, 0.25) is 0 Å². The Morgan fingerprint density at radius 3 is 0.925 bits per heavy atom. The van der Waals surface area contributed by atoms with Gasteiger partial charge in [0, 0.05) is 35.7 Å². The molecular formula is C27H52O6S6Sn. The van der Waals surface area contributed by atoms with Crippen molar-refractivity contribution in [1.29, 1.82) is 0 Å². The largest absolute Gasteiger partial charge is 0.550 e. The number of hydrogen-bond donors (Lipinski definition) is 6. The molecule has 0 aliphatic carbocycles. The van der Waals surface area contributed by atoms with Crippen LogP contribution in [0.25, 0.3) is 0 Å². The zero-order valence-corrected chi connectivity index (χ0v) is 32.2. The summed E-state index contributed by atoms with van der Waals surface area (Å²) in [4.78, 5) is 30.4. The molecule has 0 bridgehead atoms. The van der Waals surface area contributed by atoms with Crippen LogP contribution in [0.4, 0.5) is 0 Å². The second-order valence-corrected chi connectivity index (χ2v) is 12.9. The van der Waals surface area contributed by atoms with Crippen LogP contribution in [0.2, 0.25) is 4.44 Å². The average Bonchev–Trinajstić information content (AvgIpc) is 2.93. The van der Waals surface area contributed by atoms with Gasteiger partial charge in [0.25, 0.3) is 0 Å². The summed E-state index contributed by atoms with van der Waals surface area (Å²) >= 11 is 24.9. The molecule has 13 heteroatoms. The predicted octanol–water partition coefficient (Wildman–Crippen LogP) is 3.30. The molecule has 40 heavy (non-hydrogen) atoms. The van der Waals surface area contributed by atoms with Crippen LogP contribution < -0.4 is 15.3 Å². The van der Waals surface area contributed by atoms with Crippen LogP contribution in [0, 0.1) is 17.8 Å². The molecule has 0 aliphatic heterocycles. The van der Waals surface area contributed by atoms with Crippen molar-refractivity contribution in [2.24, 2.45) is 17.8 Å². The number of carbonyl (C=O) groups is 3. The summed E-state index contributed by atoms with van der Waals surface area (Å²) in [6.45, 7) is 2.28. The predicted molar refractivity (Wildman–Crippen MR) is 185 cm³/mol. The normalized spacial score (nSPS) is 12.3. The molecule has 0 aromatic heterocycles. The second-order valence-electron chi connectivity index (χ2n) is 9.06. The third kappa shape index (κ3) is 39.3. The van der Waals surface area contributed by atoms with Crippen LogP contribution in [0.15, 0.2) is 0 Å². The molecule has 0 rings (SSSR count). The van der Waals surface area contributed by atoms with Crippen LogP contribution in [-0.2, 0) is 14.4 Å². The minimum atomic E-state index is -1.03. The van der Waals surface area contributed by atoms with Crippen molar-refractivity contribution < 1.29 is 29.7 Å². The van der Waals surface area contributed by atoms with Crippen LogP contribution in [0.5, 0.6) is 0 Å². The van der Waals surface area contributed by atoms with E-state index in [1.54, 1.807) is 22.5 Å². The Hall–Kier alpha value is 1.31. The number of carboxylic acid groups (broad SMARTS) is 3. The summed E-state index contributed by atoms with van der Waals surface area (Å²) in [6, 6.07) is 0. The van der Waals surface area contributed by atoms with E-state index in [2.05, 4.69) is 82.7 Å². The van der Waals surface area contributed by atoms with E-state index in [9.17, 15) is 29.7 Å². The first-order valence-electron chi connectivity index (χ1n) is 14.0. The number of carbonyl (C=O) groups excluding carboxylic acids is 3. The van der Waals surface area contributed by atoms with Gasteiger partial charge in [-0.15, -0.1) is 0 Å². The number of hydrogen-bond acceptors (Lipinski definition) is 12. The quantitative estimate of drug-likeness (QED) is 0.0571. The standard InChI is InChI=1S/C12H25.3C5H10O2S2.Sn/c1-3-5-7-9-11-12-10-8-6-4-2;3*6-5(7)4(3-9)1-2-8;/h1,3-12H2,2H3;3*4,8-9H,1-3H2,(H,6,7);/q;;;;+3/p-3. The molecule has 0 amide bonds. The van der Waals surface area contributed by atoms with E-state index in [0.29, 0.717) is 53.8 Å². The molecule has 0 saturated carbocycles. The van der Waals surface area contributed by atoms with E-state index in [1.165, 1.54) is 68.6 Å². The van der Waals surface area contributed by atoms with Crippen molar-refractivity contribution in [1.82, 2.24) is 0 Å². The number of unbranched alkanes of at least 4 members (excludes halogenated alkanes) is 9. The Morgan fingerprint density at radius 1 is 0.525 bits per heavy atom. The smallest absolute Gasteiger partial charge is 0.0453 e. The summed E-state index contributed by atoms with van der Waals surface area (Å²) in [5.74, 6) is -1.69. The third-order valence-electron chi connectivity index (χ3n) is 5.62. The average molecular weight is 784 g/mol. The maximum Gasteiger partial charge on any atom is 0.0453 e. The van der Waals surface area contributed by atoms with Crippen molar-refractivity contribution >= 4 is 116 Å². The molecule has 6 nitrogen and oxygen atoms in total. The van der Waals surface area contributed by atoms with E-state index in [4.69, 9.17) is 0 Å². The number of rotatable bonds is 22. The van der Waals surface area contributed by atoms with Crippen LogP contribution in [0.3, 0.4) is 0 Å². The van der Waals surface area contributed by atoms with Crippen molar-refractivity contribution in [3.05, 3.63) is 0 Å². The van der Waals surface area contributed by atoms with E-state index >= 15 is 0 Å². The molecule has 0 radical (unpaired) electrons. The summed E-state index contributed by atoms with van der Waals surface area (Å²) in [5.41, 5.74) is 0. The van der Waals surface area contributed by atoms with Gasteiger partial charge in [0.1, 0.15) is 0 Å². The van der Waals surface area contributed by atoms with Gasteiger partial charge in [-0.1, -0.05) is 0 Å². The molecule has 0 heterocycles. The van der Waals surface area contributed by atoms with Gasteiger partial charge in [0.05, 0.1) is 0 Å². The molecule has 0 N–H and O–H groups in total. The molecule has 3 unspecified atom stereocenters. The minimum absolute atomic E-state index is 0.336. The molecule has 3 atom stereocenters. The number of aliphatic carboxylic acids is 3. The van der Waals surface area contributed by atoms with Gasteiger partial charge in [-0.25, -0.2) is 0 Å². The van der Waals surface area contributed by atoms with Crippen LogP contribution in [-0.4, -0.2) is 74.9 Å². The fourth-order valence-corrected chi connectivity index (χ4v) is 5.57. The fraction of sp³-hybridized carbons (Fsp3) is 0.889. The molecule has 0 aliphatic rings. The topological polar surface area (TPSA) is 120 Å². The van der Waals surface area contributed by atoms with Crippen molar-refractivity contribution in [2.75, 3.05) is 34.5 Å². The van der Waals surface area contributed by atoms with Crippen molar-refractivity contribution in [3.63, 3.8) is 0 Å². The van der Waals surface area contributed by atoms with Gasteiger partial charge in [0.15, 0.2) is 0 Å². The monoisotopic (exact) mass is 784 g/mol. The minimum Gasteiger partial charge on any atom is -0.550 e. The third-order valence-corrected chi connectivity index (χ3v) is 8.73. The molecular weight excluding hydrogens is 731 g/mol. The van der Waals surface area contributed by atoms with Crippen molar-refractivity contribution in [2.45, 2.75) is 94.8 Å². The van der Waals surface area contributed by atoms with Gasteiger partial charge in [-0.3, -0.25) is 0 Å². The molecule has 0 aromatic rings. The van der Waals surface area contributed by atoms with E-state index in [-0.39, 0.29) is 0 Å². The van der Waals surface area contributed by atoms with E-state index < -0.39 is 35.7 Å². The first-order valence-corrected chi connectivity index (χ1v) is 19.8. The van der Waals surface area contributed by atoms with Gasteiger partial charge in [-0.05, 0) is 53.8 Å². The first-order chi connectivity index (χ1) is 19.1. The molecule has 0 aromatic carbocycles. The summed E-state index contributed by atoms with van der Waals surface area (Å²) in [5, 5.41) is 30.4. The van der Waals surface area contributed by atoms with Crippen molar-refractivity contribution in [3.8, 4) is 0 Å². The zero-order chi connectivity index (χ0) is 31.6. The Bertz CT molecular complexity index is 497. The summed E-state index contributed by atoms with van der Waals surface area (Å²) in [6.07, 6.45) is 16.3. The number of carboxylic acids is 3. The Kier molecular flexibility index (Phi) is 48.6. The Morgan fingerprint density at radius 2 is 0.775 bits per heavy atom. The first kappa shape index (κ1) is 48.2. The summed E-state index contributed by atoms with van der Waals surface area (Å²) in [7, 11) is 0. The van der Waals surface area contributed by atoms with E-state index in [0.717, 1.165) is 0 Å². The molecule has 0 spiro atoms. The maximum atomic E-state index is 10.1. The molecule has 0 fully saturated rings.